The van der Waals surface area contributed by atoms with Crippen LogP contribution in [0.5, 0.6) is 0 Å². The van der Waals surface area contributed by atoms with E-state index < -0.39 is 31.1 Å². The molecule has 0 bridgehead atoms. The highest BCUT2D eigenvalue weighted by Crippen LogP contribution is 2.05. The molecule has 0 saturated heterocycles. The van der Waals surface area contributed by atoms with Crippen LogP contribution >= 0.6 is 0 Å². The highest BCUT2D eigenvalue weighted by atomic mass is 16.4. The number of aromatic nitrogens is 2. The van der Waals surface area contributed by atoms with Gasteiger partial charge in [-0.15, -0.1) is 0 Å². The zero-order chi connectivity index (χ0) is 15.3. The Morgan fingerprint density at radius 1 is 1.30 bits per heavy atom. The van der Waals surface area contributed by atoms with Gasteiger partial charge in [0.1, 0.15) is 13.1 Å². The first-order valence-corrected chi connectivity index (χ1v) is 5.75. The van der Waals surface area contributed by atoms with Gasteiger partial charge >= 0.3 is 18.0 Å². The zero-order valence-electron chi connectivity index (χ0n) is 11.2. The van der Waals surface area contributed by atoms with Crippen LogP contribution in [-0.2, 0) is 23.2 Å². The fraction of sp³-hybridized carbons (Fsp3) is 0.455. The van der Waals surface area contributed by atoms with Crippen LogP contribution in [-0.4, -0.2) is 56.0 Å². The SMILES string of the molecule is Cc1c(CNC(=O)N(CC(=O)O)CC(=O)O)cnn1C. The largest absolute Gasteiger partial charge is 0.480 e. The molecule has 0 atom stereocenters. The van der Waals surface area contributed by atoms with Crippen molar-refractivity contribution < 1.29 is 24.6 Å². The van der Waals surface area contributed by atoms with Crippen molar-refractivity contribution >= 4 is 18.0 Å². The lowest BCUT2D eigenvalue weighted by molar-refractivity contribution is -0.140. The van der Waals surface area contributed by atoms with Crippen molar-refractivity contribution in [3.05, 3.63) is 17.5 Å². The lowest BCUT2D eigenvalue weighted by Crippen LogP contribution is -2.45. The molecule has 0 fully saturated rings. The summed E-state index contributed by atoms with van der Waals surface area (Å²) in [6.45, 7) is 0.614. The molecule has 1 aromatic rings. The van der Waals surface area contributed by atoms with E-state index in [1.54, 1.807) is 17.9 Å². The van der Waals surface area contributed by atoms with E-state index in [4.69, 9.17) is 10.2 Å². The normalized spacial score (nSPS) is 10.1. The van der Waals surface area contributed by atoms with E-state index in [0.29, 0.717) is 4.90 Å². The molecular weight excluding hydrogens is 268 g/mol. The number of amides is 2. The number of carbonyl (C=O) groups is 3. The van der Waals surface area contributed by atoms with Crippen molar-refractivity contribution in [2.24, 2.45) is 7.05 Å². The predicted octanol–water partition coefficient (Wildman–Crippen LogP) is -0.591. The Kier molecular flexibility index (Phi) is 5.07. The lowest BCUT2D eigenvalue weighted by atomic mass is 10.2. The lowest BCUT2D eigenvalue weighted by Gasteiger charge is -2.18. The van der Waals surface area contributed by atoms with Crippen LogP contribution in [0.1, 0.15) is 11.3 Å². The number of carboxylic acid groups (broad SMARTS) is 2. The van der Waals surface area contributed by atoms with Gasteiger partial charge in [0.15, 0.2) is 0 Å². The van der Waals surface area contributed by atoms with Gasteiger partial charge in [0, 0.05) is 24.8 Å². The minimum Gasteiger partial charge on any atom is -0.480 e. The number of aryl methyl sites for hydroxylation is 1. The molecule has 3 N–H and O–H groups in total. The van der Waals surface area contributed by atoms with E-state index in [1.165, 1.54) is 0 Å². The zero-order valence-corrected chi connectivity index (χ0v) is 11.2. The second-order valence-electron chi connectivity index (χ2n) is 4.18. The van der Waals surface area contributed by atoms with Gasteiger partial charge in [-0.25, -0.2) is 4.79 Å². The molecule has 0 radical (unpaired) electrons. The van der Waals surface area contributed by atoms with Crippen LogP contribution in [0.4, 0.5) is 4.79 Å². The molecule has 1 aromatic heterocycles. The van der Waals surface area contributed by atoms with Gasteiger partial charge < -0.3 is 20.4 Å². The fourth-order valence-corrected chi connectivity index (χ4v) is 1.53. The molecule has 0 spiro atoms. The third-order valence-electron chi connectivity index (χ3n) is 2.71. The van der Waals surface area contributed by atoms with Crippen LogP contribution in [0, 0.1) is 6.92 Å². The van der Waals surface area contributed by atoms with Gasteiger partial charge in [-0.3, -0.25) is 14.3 Å². The van der Waals surface area contributed by atoms with Crippen molar-refractivity contribution in [1.29, 1.82) is 0 Å². The summed E-state index contributed by atoms with van der Waals surface area (Å²) in [7, 11) is 1.75. The number of hydrogen-bond donors (Lipinski definition) is 3. The Bertz CT molecular complexity index is 509. The number of carboxylic acids is 2. The molecule has 0 aliphatic heterocycles. The van der Waals surface area contributed by atoms with Gasteiger partial charge in [0.2, 0.25) is 0 Å². The van der Waals surface area contributed by atoms with E-state index in [9.17, 15) is 14.4 Å². The van der Waals surface area contributed by atoms with Crippen LogP contribution in [0.15, 0.2) is 6.20 Å². The minimum atomic E-state index is -1.28. The fourth-order valence-electron chi connectivity index (χ4n) is 1.53. The Labute approximate surface area is 114 Å². The number of urea groups is 1. The predicted molar refractivity (Wildman–Crippen MR) is 67.0 cm³/mol. The van der Waals surface area contributed by atoms with Crippen LogP contribution in [0.3, 0.4) is 0 Å². The topological polar surface area (TPSA) is 125 Å². The average Bonchev–Trinajstić information content (AvgIpc) is 2.65. The molecule has 0 saturated carbocycles. The summed E-state index contributed by atoms with van der Waals surface area (Å²) in [5.41, 5.74) is 1.62. The van der Waals surface area contributed by atoms with Crippen molar-refractivity contribution in [3.8, 4) is 0 Å². The average molecular weight is 284 g/mol. The second-order valence-corrected chi connectivity index (χ2v) is 4.18. The highest BCUT2D eigenvalue weighted by Gasteiger charge is 2.19. The van der Waals surface area contributed by atoms with Gasteiger partial charge in [-0.1, -0.05) is 0 Å². The molecule has 9 nitrogen and oxygen atoms in total. The van der Waals surface area contributed by atoms with E-state index in [1.807, 2.05) is 6.92 Å². The summed E-state index contributed by atoms with van der Waals surface area (Å²) in [6, 6.07) is -0.752. The number of rotatable bonds is 6. The smallest absolute Gasteiger partial charge is 0.323 e. The van der Waals surface area contributed by atoms with Gasteiger partial charge in [0.25, 0.3) is 0 Å². The molecule has 110 valence electrons. The monoisotopic (exact) mass is 284 g/mol. The summed E-state index contributed by atoms with van der Waals surface area (Å²) in [5.74, 6) is -2.56. The highest BCUT2D eigenvalue weighted by molar-refractivity contribution is 5.84. The summed E-state index contributed by atoms with van der Waals surface area (Å²) < 4.78 is 1.63. The third-order valence-corrected chi connectivity index (χ3v) is 2.71. The standard InChI is InChI=1S/C11H16N4O5/c1-7-8(4-13-14(7)2)3-12-11(20)15(5-9(16)17)6-10(18)19/h4H,3,5-6H2,1-2H3,(H,12,20)(H,16,17)(H,18,19). The van der Waals surface area contributed by atoms with Crippen molar-refractivity contribution in [2.45, 2.75) is 13.5 Å². The Morgan fingerprint density at radius 2 is 1.85 bits per heavy atom. The molecule has 0 aliphatic carbocycles. The molecule has 1 rings (SSSR count). The van der Waals surface area contributed by atoms with E-state index in [2.05, 4.69) is 10.4 Å². The number of nitrogens with zero attached hydrogens (tertiary/aromatic N) is 3. The molecule has 1 heterocycles. The Balaban J connectivity index is 2.63. The van der Waals surface area contributed by atoms with Gasteiger partial charge in [-0.05, 0) is 6.92 Å². The third kappa shape index (κ3) is 4.26. The quantitative estimate of drug-likeness (QED) is 0.641. The number of nitrogens with one attached hydrogen (secondary N) is 1. The van der Waals surface area contributed by atoms with Crippen LogP contribution < -0.4 is 5.32 Å². The summed E-state index contributed by atoms with van der Waals surface area (Å²) >= 11 is 0. The summed E-state index contributed by atoms with van der Waals surface area (Å²) in [6.07, 6.45) is 1.58. The number of hydrogen-bond acceptors (Lipinski definition) is 4. The molecule has 0 aliphatic rings. The Morgan fingerprint density at radius 3 is 2.25 bits per heavy atom. The molecule has 20 heavy (non-hydrogen) atoms. The summed E-state index contributed by atoms with van der Waals surface area (Å²) in [5, 5.41) is 23.8. The first-order valence-electron chi connectivity index (χ1n) is 5.75. The minimum absolute atomic E-state index is 0.147. The van der Waals surface area contributed by atoms with Crippen LogP contribution in [0.25, 0.3) is 0 Å². The first kappa shape index (κ1) is 15.5. The van der Waals surface area contributed by atoms with E-state index in [-0.39, 0.29) is 6.54 Å². The molecule has 9 heteroatoms. The maximum Gasteiger partial charge on any atom is 0.323 e. The second kappa shape index (κ2) is 6.55. The summed E-state index contributed by atoms with van der Waals surface area (Å²) in [4.78, 5) is 33.7. The maximum absolute atomic E-state index is 11.8. The first-order chi connectivity index (χ1) is 9.31. The maximum atomic E-state index is 11.8. The van der Waals surface area contributed by atoms with Crippen molar-refractivity contribution in [1.82, 2.24) is 20.0 Å². The van der Waals surface area contributed by atoms with Crippen molar-refractivity contribution in [2.75, 3.05) is 13.1 Å². The molecular formula is C11H16N4O5. The molecule has 2 amide bonds. The number of carbonyl (C=O) groups excluding carboxylic acids is 1. The number of aliphatic carboxylic acids is 2. The van der Waals surface area contributed by atoms with Gasteiger partial charge in [0.05, 0.1) is 6.20 Å². The van der Waals surface area contributed by atoms with Crippen LogP contribution in [0.2, 0.25) is 0 Å². The molecule has 0 aromatic carbocycles. The Hall–Kier alpha value is -2.58. The molecule has 0 unspecified atom stereocenters. The van der Waals surface area contributed by atoms with E-state index in [0.717, 1.165) is 11.3 Å². The van der Waals surface area contributed by atoms with Gasteiger partial charge in [-0.2, -0.15) is 5.10 Å². The van der Waals surface area contributed by atoms with E-state index >= 15 is 0 Å². The van der Waals surface area contributed by atoms with Crippen molar-refractivity contribution in [3.63, 3.8) is 0 Å².